The van der Waals surface area contributed by atoms with Crippen molar-refractivity contribution in [1.29, 1.82) is 0 Å². The summed E-state index contributed by atoms with van der Waals surface area (Å²) < 4.78 is 38.6. The highest BCUT2D eigenvalue weighted by Crippen LogP contribution is 2.36. The zero-order chi connectivity index (χ0) is 18.7. The third kappa shape index (κ3) is 3.91. The average Bonchev–Trinajstić information content (AvgIpc) is 2.67. The van der Waals surface area contributed by atoms with Crippen LogP contribution in [-0.4, -0.2) is 66.2 Å². The third-order valence-electron chi connectivity index (χ3n) is 4.98. The molecule has 9 heteroatoms. The number of carbonyl (C=O) groups excluding carboxylic acids is 1. The average molecular weight is 369 g/mol. The van der Waals surface area contributed by atoms with E-state index in [1.54, 1.807) is 17.3 Å². The Labute approximate surface area is 150 Å². The summed E-state index contributed by atoms with van der Waals surface area (Å²) in [5, 5.41) is 0. The smallest absolute Gasteiger partial charge is 0.354 e. The standard InChI is InChI=1S/C17H22F3N5O/c1-2-14(26)23-9-11-25(12-10-23)16-15(21-5-6-22-16)24-7-3-13(4-8-24)17(18,19)20/h2,5-6,13H,1,3-4,7-12H2. The molecule has 2 fully saturated rings. The molecule has 0 N–H and O–H groups in total. The lowest BCUT2D eigenvalue weighted by Gasteiger charge is -2.38. The zero-order valence-corrected chi connectivity index (χ0v) is 14.5. The fraction of sp³-hybridized carbons (Fsp3) is 0.588. The summed E-state index contributed by atoms with van der Waals surface area (Å²) in [7, 11) is 0. The maximum Gasteiger partial charge on any atom is 0.391 e. The van der Waals surface area contributed by atoms with Crippen molar-refractivity contribution in [2.45, 2.75) is 19.0 Å². The molecule has 3 heterocycles. The monoisotopic (exact) mass is 369 g/mol. The van der Waals surface area contributed by atoms with E-state index in [4.69, 9.17) is 0 Å². The number of carbonyl (C=O) groups is 1. The van der Waals surface area contributed by atoms with Crippen LogP contribution in [0.2, 0.25) is 0 Å². The fourth-order valence-electron chi connectivity index (χ4n) is 3.46. The normalized spacial score (nSPS) is 19.6. The van der Waals surface area contributed by atoms with E-state index >= 15 is 0 Å². The summed E-state index contributed by atoms with van der Waals surface area (Å²) in [4.78, 5) is 26.1. The minimum atomic E-state index is -4.13. The van der Waals surface area contributed by atoms with Crippen molar-refractivity contribution in [1.82, 2.24) is 14.9 Å². The largest absolute Gasteiger partial charge is 0.391 e. The lowest BCUT2D eigenvalue weighted by atomic mass is 9.96. The van der Waals surface area contributed by atoms with Crippen molar-refractivity contribution in [3.05, 3.63) is 25.0 Å². The van der Waals surface area contributed by atoms with Gasteiger partial charge in [0.2, 0.25) is 5.91 Å². The van der Waals surface area contributed by atoms with Crippen LogP contribution in [0.25, 0.3) is 0 Å². The number of piperazine rings is 1. The van der Waals surface area contributed by atoms with Gasteiger partial charge in [-0.15, -0.1) is 0 Å². The van der Waals surface area contributed by atoms with Crippen molar-refractivity contribution in [3.8, 4) is 0 Å². The second kappa shape index (κ2) is 7.51. The maximum absolute atomic E-state index is 12.9. The van der Waals surface area contributed by atoms with Crippen LogP contribution in [0.1, 0.15) is 12.8 Å². The molecule has 0 aromatic carbocycles. The molecule has 142 valence electrons. The number of amides is 1. The number of alkyl halides is 3. The van der Waals surface area contributed by atoms with Crippen molar-refractivity contribution in [2.75, 3.05) is 49.1 Å². The van der Waals surface area contributed by atoms with Crippen LogP contribution in [0.4, 0.5) is 24.8 Å². The van der Waals surface area contributed by atoms with E-state index in [0.29, 0.717) is 50.9 Å². The van der Waals surface area contributed by atoms with E-state index in [1.807, 2.05) is 9.80 Å². The van der Waals surface area contributed by atoms with Crippen LogP contribution in [0.15, 0.2) is 25.0 Å². The van der Waals surface area contributed by atoms with Crippen molar-refractivity contribution < 1.29 is 18.0 Å². The van der Waals surface area contributed by atoms with Crippen LogP contribution >= 0.6 is 0 Å². The number of halogens is 3. The van der Waals surface area contributed by atoms with Crippen molar-refractivity contribution >= 4 is 17.5 Å². The van der Waals surface area contributed by atoms with Crippen molar-refractivity contribution in [3.63, 3.8) is 0 Å². The Hall–Kier alpha value is -2.32. The number of aromatic nitrogens is 2. The van der Waals surface area contributed by atoms with Crippen molar-refractivity contribution in [2.24, 2.45) is 5.92 Å². The first kappa shape index (κ1) is 18.5. The first-order chi connectivity index (χ1) is 12.4. The van der Waals surface area contributed by atoms with E-state index < -0.39 is 12.1 Å². The van der Waals surface area contributed by atoms with Crippen LogP contribution in [-0.2, 0) is 4.79 Å². The van der Waals surface area contributed by atoms with Gasteiger partial charge in [0.05, 0.1) is 5.92 Å². The van der Waals surface area contributed by atoms with Gasteiger partial charge in [0, 0.05) is 51.7 Å². The lowest BCUT2D eigenvalue weighted by Crippen LogP contribution is -2.49. The molecule has 1 aromatic rings. The number of rotatable bonds is 3. The Morgan fingerprint density at radius 2 is 1.50 bits per heavy atom. The fourth-order valence-corrected chi connectivity index (χ4v) is 3.46. The van der Waals surface area contributed by atoms with Gasteiger partial charge < -0.3 is 14.7 Å². The summed E-state index contributed by atoms with van der Waals surface area (Å²) in [5.74, 6) is -0.0501. The molecule has 0 aliphatic carbocycles. The molecule has 0 radical (unpaired) electrons. The van der Waals surface area contributed by atoms with Gasteiger partial charge >= 0.3 is 6.18 Å². The van der Waals surface area contributed by atoms with Gasteiger partial charge in [-0.1, -0.05) is 6.58 Å². The maximum atomic E-state index is 12.9. The van der Waals surface area contributed by atoms with Gasteiger partial charge in [-0.3, -0.25) is 4.79 Å². The molecule has 6 nitrogen and oxygen atoms in total. The molecular formula is C17H22F3N5O. The topological polar surface area (TPSA) is 52.6 Å². The van der Waals surface area contributed by atoms with E-state index in [0.717, 1.165) is 0 Å². The lowest BCUT2D eigenvalue weighted by molar-refractivity contribution is -0.179. The third-order valence-corrected chi connectivity index (χ3v) is 4.98. The highest BCUT2D eigenvalue weighted by molar-refractivity contribution is 5.87. The molecule has 0 saturated carbocycles. The molecule has 0 spiro atoms. The number of anilines is 2. The summed E-state index contributed by atoms with van der Waals surface area (Å²) in [6.45, 7) is 6.43. The summed E-state index contributed by atoms with van der Waals surface area (Å²) >= 11 is 0. The molecule has 0 atom stereocenters. The molecule has 2 aliphatic heterocycles. The van der Waals surface area contributed by atoms with Gasteiger partial charge in [-0.2, -0.15) is 13.2 Å². The predicted molar refractivity (Wildman–Crippen MR) is 92.0 cm³/mol. The Kier molecular flexibility index (Phi) is 5.33. The first-order valence-corrected chi connectivity index (χ1v) is 8.69. The minimum Gasteiger partial charge on any atom is -0.354 e. The van der Waals surface area contributed by atoms with Gasteiger partial charge in [-0.05, 0) is 18.9 Å². The van der Waals surface area contributed by atoms with E-state index in [-0.39, 0.29) is 18.7 Å². The van der Waals surface area contributed by atoms with E-state index in [9.17, 15) is 18.0 Å². The molecule has 3 rings (SSSR count). The van der Waals surface area contributed by atoms with Gasteiger partial charge in [-0.25, -0.2) is 9.97 Å². The quantitative estimate of drug-likeness (QED) is 0.764. The predicted octanol–water partition coefficient (Wildman–Crippen LogP) is 2.09. The molecule has 0 bridgehead atoms. The SMILES string of the molecule is C=CC(=O)N1CCN(c2nccnc2N2CCC(C(F)(F)F)CC2)CC1. The molecule has 2 saturated heterocycles. The second-order valence-corrected chi connectivity index (χ2v) is 6.52. The Morgan fingerprint density at radius 3 is 1.96 bits per heavy atom. The van der Waals surface area contributed by atoms with E-state index in [1.165, 1.54) is 6.08 Å². The molecule has 1 amide bonds. The second-order valence-electron chi connectivity index (χ2n) is 6.52. The highest BCUT2D eigenvalue weighted by atomic mass is 19.4. The first-order valence-electron chi connectivity index (χ1n) is 8.69. The summed E-state index contributed by atoms with van der Waals surface area (Å²) in [6.07, 6.45) is 0.455. The Morgan fingerprint density at radius 1 is 1.00 bits per heavy atom. The number of hydrogen-bond donors (Lipinski definition) is 0. The zero-order valence-electron chi connectivity index (χ0n) is 14.5. The molecule has 1 aromatic heterocycles. The van der Waals surface area contributed by atoms with Crippen LogP contribution in [0.5, 0.6) is 0 Å². The van der Waals surface area contributed by atoms with Crippen LogP contribution in [0.3, 0.4) is 0 Å². The number of piperidine rings is 1. The number of nitrogens with zero attached hydrogens (tertiary/aromatic N) is 5. The van der Waals surface area contributed by atoms with Gasteiger partial charge in [0.25, 0.3) is 0 Å². The highest BCUT2D eigenvalue weighted by Gasteiger charge is 2.41. The molecule has 2 aliphatic rings. The summed E-state index contributed by atoms with van der Waals surface area (Å²) in [5.41, 5.74) is 0. The van der Waals surface area contributed by atoms with Gasteiger partial charge in [0.15, 0.2) is 11.6 Å². The minimum absolute atomic E-state index is 0.0706. The van der Waals surface area contributed by atoms with E-state index in [2.05, 4.69) is 16.5 Å². The van der Waals surface area contributed by atoms with Gasteiger partial charge in [0.1, 0.15) is 0 Å². The van der Waals surface area contributed by atoms with Crippen LogP contribution in [0, 0.1) is 5.92 Å². The van der Waals surface area contributed by atoms with Crippen LogP contribution < -0.4 is 9.80 Å². The molecular weight excluding hydrogens is 347 g/mol. The number of hydrogen-bond acceptors (Lipinski definition) is 5. The molecule has 26 heavy (non-hydrogen) atoms. The Balaban J connectivity index is 1.68. The summed E-state index contributed by atoms with van der Waals surface area (Å²) in [6, 6.07) is 0. The molecule has 0 unspecified atom stereocenters. The Bertz CT molecular complexity index is 650.